The van der Waals surface area contributed by atoms with Crippen LogP contribution in [0.2, 0.25) is 0 Å². The Hall–Kier alpha value is -1.82. The van der Waals surface area contributed by atoms with Crippen LogP contribution < -0.4 is 10.6 Å². The van der Waals surface area contributed by atoms with Gasteiger partial charge in [0.15, 0.2) is 5.84 Å². The van der Waals surface area contributed by atoms with Gasteiger partial charge in [0, 0.05) is 24.8 Å². The Morgan fingerprint density at radius 3 is 2.62 bits per heavy atom. The van der Waals surface area contributed by atoms with Crippen LogP contribution >= 0.6 is 0 Å². The summed E-state index contributed by atoms with van der Waals surface area (Å²) in [7, 11) is 4.22. The van der Waals surface area contributed by atoms with Crippen molar-refractivity contribution in [1.82, 2.24) is 9.88 Å². The van der Waals surface area contributed by atoms with E-state index in [1.807, 2.05) is 19.9 Å². The second kappa shape index (κ2) is 5.89. The molecule has 0 aliphatic carbocycles. The molecule has 0 spiro atoms. The van der Waals surface area contributed by atoms with E-state index in [2.05, 4.69) is 41.0 Å². The van der Waals surface area contributed by atoms with Crippen molar-refractivity contribution < 1.29 is 5.21 Å². The summed E-state index contributed by atoms with van der Waals surface area (Å²) in [6.45, 7) is 8.01. The number of likely N-dealkylation sites (N-methyl/N-ethyl adjacent to an activating group) is 1. The van der Waals surface area contributed by atoms with Crippen LogP contribution in [0.3, 0.4) is 0 Å². The molecule has 2 rings (SSSR count). The minimum atomic E-state index is 0.121. The van der Waals surface area contributed by atoms with E-state index in [0.717, 1.165) is 35.7 Å². The summed E-state index contributed by atoms with van der Waals surface area (Å²) in [4.78, 5) is 9.01. The first-order chi connectivity index (χ1) is 9.85. The molecular weight excluding hydrogens is 266 g/mol. The topological polar surface area (TPSA) is 78.0 Å². The summed E-state index contributed by atoms with van der Waals surface area (Å²) in [6, 6.07) is 2.52. The molecule has 0 bridgehead atoms. The van der Waals surface area contributed by atoms with Crippen LogP contribution in [0.5, 0.6) is 0 Å². The molecule has 116 valence electrons. The van der Waals surface area contributed by atoms with Crippen molar-refractivity contribution >= 4 is 11.5 Å². The van der Waals surface area contributed by atoms with Gasteiger partial charge in [-0.1, -0.05) is 12.1 Å². The number of nitrogens with two attached hydrogens (primary N) is 1. The number of amidine groups is 1. The van der Waals surface area contributed by atoms with E-state index < -0.39 is 0 Å². The number of hydrogen-bond donors (Lipinski definition) is 2. The Bertz CT molecular complexity index is 555. The SMILES string of the molecule is Cc1cc(N2CC(C)C(N(C)C)C2)c(/C(N)=N/O)c(C)n1. The van der Waals surface area contributed by atoms with Crippen molar-refractivity contribution in [1.29, 1.82) is 0 Å². The predicted molar refractivity (Wildman–Crippen MR) is 85.1 cm³/mol. The number of hydrogen-bond acceptors (Lipinski definition) is 5. The smallest absolute Gasteiger partial charge is 0.174 e. The van der Waals surface area contributed by atoms with Crippen LogP contribution in [0.25, 0.3) is 0 Å². The molecule has 1 aliphatic heterocycles. The number of oxime groups is 1. The molecule has 6 nitrogen and oxygen atoms in total. The molecular formula is C15H25N5O. The van der Waals surface area contributed by atoms with Crippen molar-refractivity contribution in [2.45, 2.75) is 26.8 Å². The summed E-state index contributed by atoms with van der Waals surface area (Å²) >= 11 is 0. The summed E-state index contributed by atoms with van der Waals surface area (Å²) in [5.74, 6) is 0.685. The van der Waals surface area contributed by atoms with Crippen molar-refractivity contribution in [3.8, 4) is 0 Å². The Morgan fingerprint density at radius 2 is 2.10 bits per heavy atom. The van der Waals surface area contributed by atoms with Crippen molar-refractivity contribution in [2.24, 2.45) is 16.8 Å². The Labute approximate surface area is 126 Å². The minimum absolute atomic E-state index is 0.121. The molecule has 2 unspecified atom stereocenters. The summed E-state index contributed by atoms with van der Waals surface area (Å²) in [6.07, 6.45) is 0. The minimum Gasteiger partial charge on any atom is -0.409 e. The number of nitrogens with zero attached hydrogens (tertiary/aromatic N) is 4. The maximum absolute atomic E-state index is 9.05. The van der Waals surface area contributed by atoms with Gasteiger partial charge in [-0.25, -0.2) is 0 Å². The molecule has 2 atom stereocenters. The van der Waals surface area contributed by atoms with Crippen molar-refractivity contribution in [3.05, 3.63) is 23.0 Å². The first-order valence-electron chi connectivity index (χ1n) is 7.22. The molecule has 1 aromatic rings. The molecule has 1 saturated heterocycles. The van der Waals surface area contributed by atoms with E-state index in [-0.39, 0.29) is 5.84 Å². The predicted octanol–water partition coefficient (Wildman–Crippen LogP) is 1.18. The Morgan fingerprint density at radius 1 is 1.43 bits per heavy atom. The number of aromatic nitrogens is 1. The maximum atomic E-state index is 9.05. The molecule has 0 radical (unpaired) electrons. The van der Waals surface area contributed by atoms with Crippen molar-refractivity contribution in [2.75, 3.05) is 32.1 Å². The zero-order valence-corrected chi connectivity index (χ0v) is 13.5. The van der Waals surface area contributed by atoms with Crippen molar-refractivity contribution in [3.63, 3.8) is 0 Å². The zero-order chi connectivity index (χ0) is 15.7. The highest BCUT2D eigenvalue weighted by Gasteiger charge is 2.33. The second-order valence-electron chi connectivity index (χ2n) is 6.14. The molecule has 0 aromatic carbocycles. The highest BCUT2D eigenvalue weighted by Crippen LogP contribution is 2.30. The van der Waals surface area contributed by atoms with Crippen LogP contribution in [0.4, 0.5) is 5.69 Å². The number of rotatable bonds is 3. The highest BCUT2D eigenvalue weighted by molar-refractivity contribution is 6.03. The van der Waals surface area contributed by atoms with Gasteiger partial charge in [-0.2, -0.15) is 0 Å². The van der Waals surface area contributed by atoms with E-state index >= 15 is 0 Å². The van der Waals surface area contributed by atoms with Crippen LogP contribution in [-0.4, -0.2) is 54.2 Å². The van der Waals surface area contributed by atoms with Gasteiger partial charge in [0.05, 0.1) is 16.9 Å². The number of aryl methyl sites for hydroxylation is 2. The fourth-order valence-corrected chi connectivity index (χ4v) is 3.24. The lowest BCUT2D eigenvalue weighted by atomic mass is 10.1. The molecule has 1 fully saturated rings. The standard InChI is InChI=1S/C15H25N5O/c1-9-7-20(8-13(9)19(4)5)12-6-10(2)17-11(3)14(12)15(16)18-21/h6,9,13,21H,7-8H2,1-5H3,(H2,16,18). The van der Waals surface area contributed by atoms with Gasteiger partial charge in [-0.3, -0.25) is 4.98 Å². The normalized spacial score (nSPS) is 23.1. The lowest BCUT2D eigenvalue weighted by Crippen LogP contribution is -2.34. The summed E-state index contributed by atoms with van der Waals surface area (Å²) < 4.78 is 0. The van der Waals surface area contributed by atoms with Gasteiger partial charge >= 0.3 is 0 Å². The third-order valence-corrected chi connectivity index (χ3v) is 4.25. The van der Waals surface area contributed by atoms with Crippen LogP contribution in [0.15, 0.2) is 11.2 Å². The summed E-state index contributed by atoms with van der Waals surface area (Å²) in [5.41, 5.74) is 9.34. The third kappa shape index (κ3) is 2.95. The monoisotopic (exact) mass is 291 g/mol. The van der Waals surface area contributed by atoms with Gasteiger partial charge in [0.1, 0.15) is 0 Å². The van der Waals surface area contributed by atoms with E-state index in [1.165, 1.54) is 0 Å². The molecule has 1 aromatic heterocycles. The fourth-order valence-electron chi connectivity index (χ4n) is 3.24. The molecule has 6 heteroatoms. The maximum Gasteiger partial charge on any atom is 0.174 e. The zero-order valence-electron chi connectivity index (χ0n) is 13.5. The number of anilines is 1. The first kappa shape index (κ1) is 15.6. The molecule has 3 N–H and O–H groups in total. The van der Waals surface area contributed by atoms with Gasteiger partial charge in [-0.15, -0.1) is 0 Å². The van der Waals surface area contributed by atoms with E-state index in [9.17, 15) is 0 Å². The Balaban J connectivity index is 2.45. The van der Waals surface area contributed by atoms with Gasteiger partial charge in [-0.05, 0) is 39.9 Å². The van der Waals surface area contributed by atoms with Crippen LogP contribution in [0.1, 0.15) is 23.9 Å². The highest BCUT2D eigenvalue weighted by atomic mass is 16.4. The average molecular weight is 291 g/mol. The van der Waals surface area contributed by atoms with Gasteiger partial charge in [0.25, 0.3) is 0 Å². The number of pyridine rings is 1. The lowest BCUT2D eigenvalue weighted by molar-refractivity contribution is 0.266. The lowest BCUT2D eigenvalue weighted by Gasteiger charge is -2.25. The largest absolute Gasteiger partial charge is 0.409 e. The van der Waals surface area contributed by atoms with Crippen LogP contribution in [0, 0.1) is 19.8 Å². The fraction of sp³-hybridized carbons (Fsp3) is 0.600. The first-order valence-corrected chi connectivity index (χ1v) is 7.22. The molecule has 21 heavy (non-hydrogen) atoms. The molecule has 0 amide bonds. The van der Waals surface area contributed by atoms with Gasteiger partial charge < -0.3 is 20.7 Å². The van der Waals surface area contributed by atoms with E-state index in [4.69, 9.17) is 10.9 Å². The summed E-state index contributed by atoms with van der Waals surface area (Å²) in [5, 5.41) is 12.2. The van der Waals surface area contributed by atoms with Crippen LogP contribution in [-0.2, 0) is 0 Å². The van der Waals surface area contributed by atoms with E-state index in [0.29, 0.717) is 12.0 Å². The second-order valence-corrected chi connectivity index (χ2v) is 6.14. The molecule has 0 saturated carbocycles. The quantitative estimate of drug-likeness (QED) is 0.378. The Kier molecular flexibility index (Phi) is 4.37. The third-order valence-electron chi connectivity index (χ3n) is 4.25. The van der Waals surface area contributed by atoms with E-state index in [1.54, 1.807) is 0 Å². The average Bonchev–Trinajstić information content (AvgIpc) is 2.79. The van der Waals surface area contributed by atoms with Gasteiger partial charge in [0.2, 0.25) is 0 Å². The molecule has 1 aliphatic rings. The molecule has 2 heterocycles.